The molecule has 0 spiro atoms. The minimum atomic E-state index is -0.0931. The van der Waals surface area contributed by atoms with E-state index in [1.54, 1.807) is 0 Å². The molecule has 1 aromatic carbocycles. The Balaban J connectivity index is 2.44. The first kappa shape index (κ1) is 14.2. The molecule has 0 aliphatic carbocycles. The second kappa shape index (κ2) is 5.02. The molecule has 1 aliphatic rings. The number of ether oxygens (including phenoxy) is 1. The van der Waals surface area contributed by atoms with E-state index in [1.807, 2.05) is 13.1 Å². The Morgan fingerprint density at radius 1 is 1.32 bits per heavy atom. The lowest BCUT2D eigenvalue weighted by molar-refractivity contribution is -0.0770. The van der Waals surface area contributed by atoms with Crippen molar-refractivity contribution in [2.75, 3.05) is 13.6 Å². The van der Waals surface area contributed by atoms with Crippen molar-refractivity contribution in [1.82, 2.24) is 5.32 Å². The molecule has 2 atom stereocenters. The first-order valence-corrected chi connectivity index (χ1v) is 6.68. The van der Waals surface area contributed by atoms with E-state index in [1.165, 1.54) is 6.07 Å². The number of aromatic hydroxyl groups is 2. The van der Waals surface area contributed by atoms with Gasteiger partial charge >= 0.3 is 0 Å². The van der Waals surface area contributed by atoms with Gasteiger partial charge < -0.3 is 20.3 Å². The van der Waals surface area contributed by atoms with Gasteiger partial charge in [0.15, 0.2) is 11.5 Å². The summed E-state index contributed by atoms with van der Waals surface area (Å²) in [5, 5.41) is 22.9. The van der Waals surface area contributed by atoms with Gasteiger partial charge in [-0.25, -0.2) is 0 Å². The van der Waals surface area contributed by atoms with Crippen LogP contribution in [-0.4, -0.2) is 29.9 Å². The smallest absolute Gasteiger partial charge is 0.161 e. The van der Waals surface area contributed by atoms with Crippen LogP contribution in [0, 0.1) is 5.41 Å². The highest BCUT2D eigenvalue weighted by Gasteiger charge is 2.36. The first-order valence-electron chi connectivity index (χ1n) is 6.68. The lowest BCUT2D eigenvalue weighted by Gasteiger charge is -2.39. The van der Waals surface area contributed by atoms with E-state index in [9.17, 15) is 10.2 Å². The summed E-state index contributed by atoms with van der Waals surface area (Å²) in [4.78, 5) is 0. The Bertz CT molecular complexity index is 465. The number of hydrogen-bond acceptors (Lipinski definition) is 4. The van der Waals surface area contributed by atoms with E-state index in [4.69, 9.17) is 4.74 Å². The van der Waals surface area contributed by atoms with Crippen molar-refractivity contribution in [2.24, 2.45) is 5.41 Å². The molecule has 19 heavy (non-hydrogen) atoms. The predicted molar refractivity (Wildman–Crippen MR) is 74.5 cm³/mol. The van der Waals surface area contributed by atoms with Gasteiger partial charge in [-0.3, -0.25) is 0 Å². The quantitative estimate of drug-likeness (QED) is 0.718. The van der Waals surface area contributed by atoms with Crippen LogP contribution in [0.1, 0.15) is 38.0 Å². The third-order valence-corrected chi connectivity index (χ3v) is 3.72. The predicted octanol–water partition coefficient (Wildman–Crippen LogP) is 2.35. The Labute approximate surface area is 114 Å². The summed E-state index contributed by atoms with van der Waals surface area (Å²) >= 11 is 0. The third kappa shape index (κ3) is 2.69. The average Bonchev–Trinajstić information content (AvgIpc) is 2.33. The van der Waals surface area contributed by atoms with Crippen LogP contribution in [0.25, 0.3) is 0 Å². The van der Waals surface area contributed by atoms with Crippen LogP contribution < -0.4 is 5.32 Å². The zero-order chi connectivity index (χ0) is 14.2. The van der Waals surface area contributed by atoms with E-state index in [0.717, 1.165) is 11.1 Å². The fourth-order valence-electron chi connectivity index (χ4n) is 2.51. The van der Waals surface area contributed by atoms with E-state index < -0.39 is 0 Å². The van der Waals surface area contributed by atoms with E-state index in [-0.39, 0.29) is 29.1 Å². The molecule has 1 aliphatic heterocycles. The summed E-state index contributed by atoms with van der Waals surface area (Å²) in [7, 11) is 1.88. The number of rotatable bonds is 2. The SMILES string of the molecule is CNCC1OC(C(C)(C)C)Cc2c1ccc(O)c2O. The highest BCUT2D eigenvalue weighted by Crippen LogP contribution is 2.43. The van der Waals surface area contributed by atoms with Gasteiger partial charge in [-0.1, -0.05) is 26.8 Å². The Morgan fingerprint density at radius 2 is 2.00 bits per heavy atom. The first-order chi connectivity index (χ1) is 8.84. The third-order valence-electron chi connectivity index (χ3n) is 3.72. The molecule has 0 bridgehead atoms. The van der Waals surface area contributed by atoms with Crippen LogP contribution in [0.5, 0.6) is 11.5 Å². The Kier molecular flexibility index (Phi) is 3.74. The largest absolute Gasteiger partial charge is 0.504 e. The van der Waals surface area contributed by atoms with Crippen molar-refractivity contribution in [2.45, 2.75) is 39.4 Å². The van der Waals surface area contributed by atoms with Crippen LogP contribution in [0.4, 0.5) is 0 Å². The molecule has 4 heteroatoms. The van der Waals surface area contributed by atoms with Gasteiger partial charge in [0.2, 0.25) is 0 Å². The molecule has 2 unspecified atom stereocenters. The van der Waals surface area contributed by atoms with E-state index in [2.05, 4.69) is 26.1 Å². The average molecular weight is 265 g/mol. The van der Waals surface area contributed by atoms with Crippen LogP contribution in [0.2, 0.25) is 0 Å². The van der Waals surface area contributed by atoms with Gasteiger partial charge in [-0.2, -0.15) is 0 Å². The maximum Gasteiger partial charge on any atom is 0.161 e. The number of likely N-dealkylation sites (N-methyl/N-ethyl adjacent to an activating group) is 1. The molecule has 0 saturated carbocycles. The molecular formula is C15H23NO3. The minimum Gasteiger partial charge on any atom is -0.504 e. The monoisotopic (exact) mass is 265 g/mol. The van der Waals surface area contributed by atoms with Crippen molar-refractivity contribution >= 4 is 0 Å². The second-order valence-corrected chi connectivity index (χ2v) is 6.24. The van der Waals surface area contributed by atoms with Crippen molar-refractivity contribution < 1.29 is 14.9 Å². The Morgan fingerprint density at radius 3 is 2.58 bits per heavy atom. The molecule has 1 aromatic rings. The van der Waals surface area contributed by atoms with Crippen LogP contribution in [-0.2, 0) is 11.2 Å². The molecule has 0 amide bonds. The van der Waals surface area contributed by atoms with Gasteiger partial charge in [-0.05, 0) is 24.1 Å². The molecule has 1 heterocycles. The zero-order valence-corrected chi connectivity index (χ0v) is 12.0. The van der Waals surface area contributed by atoms with Crippen molar-refractivity contribution in [3.63, 3.8) is 0 Å². The zero-order valence-electron chi connectivity index (χ0n) is 12.0. The van der Waals surface area contributed by atoms with Crippen molar-refractivity contribution in [1.29, 1.82) is 0 Å². The lowest BCUT2D eigenvalue weighted by atomic mass is 9.81. The maximum absolute atomic E-state index is 10.1. The number of benzene rings is 1. The minimum absolute atomic E-state index is 0.00356. The molecule has 3 N–H and O–H groups in total. The van der Waals surface area contributed by atoms with Gasteiger partial charge in [-0.15, -0.1) is 0 Å². The summed E-state index contributed by atoms with van der Waals surface area (Å²) in [6.07, 6.45) is 0.551. The molecule has 0 aromatic heterocycles. The van der Waals surface area contributed by atoms with Gasteiger partial charge in [0.05, 0.1) is 12.2 Å². The molecule has 0 radical (unpaired) electrons. The maximum atomic E-state index is 10.1. The fraction of sp³-hybridized carbons (Fsp3) is 0.600. The highest BCUT2D eigenvalue weighted by molar-refractivity contribution is 5.51. The van der Waals surface area contributed by atoms with Crippen molar-refractivity contribution in [3.8, 4) is 11.5 Å². The number of phenolic OH excluding ortho intramolecular Hbond substituents is 2. The molecular weight excluding hydrogens is 242 g/mol. The summed E-state index contributed by atoms with van der Waals surface area (Å²) in [6.45, 7) is 7.06. The van der Waals surface area contributed by atoms with Gasteiger partial charge in [0.1, 0.15) is 0 Å². The summed E-state index contributed by atoms with van der Waals surface area (Å²) < 4.78 is 6.16. The molecule has 0 saturated heterocycles. The van der Waals surface area contributed by atoms with Gasteiger partial charge in [0, 0.05) is 18.5 Å². The molecule has 0 fully saturated rings. The number of fused-ring (bicyclic) bond motifs is 1. The molecule has 2 rings (SSSR count). The number of phenols is 2. The molecule has 4 nitrogen and oxygen atoms in total. The van der Waals surface area contributed by atoms with Crippen molar-refractivity contribution in [3.05, 3.63) is 23.3 Å². The van der Waals surface area contributed by atoms with Crippen LogP contribution in [0.15, 0.2) is 12.1 Å². The van der Waals surface area contributed by atoms with Gasteiger partial charge in [0.25, 0.3) is 0 Å². The fourth-order valence-corrected chi connectivity index (χ4v) is 2.51. The second-order valence-electron chi connectivity index (χ2n) is 6.24. The summed E-state index contributed by atoms with van der Waals surface area (Å²) in [5.74, 6) is -0.0623. The Hall–Kier alpha value is -1.26. The van der Waals surface area contributed by atoms with E-state index in [0.29, 0.717) is 13.0 Å². The topological polar surface area (TPSA) is 61.7 Å². The number of hydrogen-bond donors (Lipinski definition) is 3. The number of nitrogens with one attached hydrogen (secondary N) is 1. The standard InChI is InChI=1S/C15H23NO3/c1-15(2,3)13-7-10-9(12(19-13)8-16-4)5-6-11(17)14(10)18/h5-6,12-13,16-18H,7-8H2,1-4H3. The summed E-state index contributed by atoms with van der Waals surface area (Å²) in [5.41, 5.74) is 1.76. The van der Waals surface area contributed by atoms with Crippen LogP contribution in [0.3, 0.4) is 0 Å². The summed E-state index contributed by atoms with van der Waals surface area (Å²) in [6, 6.07) is 3.36. The normalized spacial score (nSPS) is 23.2. The van der Waals surface area contributed by atoms with E-state index >= 15 is 0 Å². The lowest BCUT2D eigenvalue weighted by Crippen LogP contribution is -2.39. The highest BCUT2D eigenvalue weighted by atomic mass is 16.5. The molecule has 106 valence electrons. The van der Waals surface area contributed by atoms with Crippen LogP contribution >= 0.6 is 0 Å².